The molecule has 4 rings (SSSR count). The fraction of sp³-hybridized carbons (Fsp3) is 0.500. The van der Waals surface area contributed by atoms with E-state index in [1.165, 1.54) is 6.33 Å². The van der Waals surface area contributed by atoms with E-state index in [2.05, 4.69) is 26.8 Å². The normalized spacial score (nSPS) is 24.2. The first-order valence-corrected chi connectivity index (χ1v) is 10.2. The fourth-order valence-corrected chi connectivity index (χ4v) is 4.41. The van der Waals surface area contributed by atoms with Crippen molar-refractivity contribution in [1.82, 2.24) is 19.8 Å². The Hall–Kier alpha value is -2.71. The first-order chi connectivity index (χ1) is 14.5. The molecule has 30 heavy (non-hydrogen) atoms. The predicted molar refractivity (Wildman–Crippen MR) is 113 cm³/mol. The van der Waals surface area contributed by atoms with Crippen LogP contribution in [0.3, 0.4) is 0 Å². The Labute approximate surface area is 177 Å². The zero-order valence-electron chi connectivity index (χ0n) is 17.8. The van der Waals surface area contributed by atoms with Gasteiger partial charge in [-0.05, 0) is 19.0 Å². The molecule has 8 nitrogen and oxygen atoms in total. The number of benzene rings is 1. The number of nitrogens with zero attached hydrogens (tertiary/aromatic N) is 5. The first kappa shape index (κ1) is 20.6. The van der Waals surface area contributed by atoms with Gasteiger partial charge in [-0.15, -0.1) is 0 Å². The number of methoxy groups -OCH3 is 1. The zero-order valence-corrected chi connectivity index (χ0v) is 17.8. The highest BCUT2D eigenvalue weighted by Gasteiger charge is 2.47. The number of rotatable bonds is 5. The number of carbonyl (C=O) groups excluding carboxylic acids is 1. The molecule has 3 heterocycles. The van der Waals surface area contributed by atoms with Crippen LogP contribution in [0.4, 0.5) is 5.82 Å². The Morgan fingerprint density at radius 2 is 2.10 bits per heavy atom. The molecule has 1 amide bonds. The molecule has 2 fully saturated rings. The quantitative estimate of drug-likeness (QED) is 0.737. The van der Waals surface area contributed by atoms with Crippen LogP contribution in [-0.2, 0) is 16.1 Å². The van der Waals surface area contributed by atoms with Gasteiger partial charge in [-0.3, -0.25) is 4.79 Å². The van der Waals surface area contributed by atoms with Crippen LogP contribution in [0.1, 0.15) is 12.0 Å². The summed E-state index contributed by atoms with van der Waals surface area (Å²) in [6.07, 6.45) is 1.88. The molecule has 0 aliphatic carbocycles. The number of ether oxygens (including phenoxy) is 2. The van der Waals surface area contributed by atoms with Gasteiger partial charge in [0.1, 0.15) is 23.9 Å². The maximum Gasteiger partial charge on any atom is 0.253 e. The summed E-state index contributed by atoms with van der Waals surface area (Å²) in [5.41, 5.74) is 0.719. The van der Waals surface area contributed by atoms with Crippen molar-refractivity contribution in [2.75, 3.05) is 52.3 Å². The predicted octanol–water partition coefficient (Wildman–Crippen LogP) is 1.42. The van der Waals surface area contributed by atoms with Crippen molar-refractivity contribution in [1.29, 1.82) is 0 Å². The van der Waals surface area contributed by atoms with Gasteiger partial charge in [-0.1, -0.05) is 30.3 Å². The summed E-state index contributed by atoms with van der Waals surface area (Å²) in [6, 6.07) is 11.9. The Bertz CT molecular complexity index is 880. The molecule has 2 aromatic rings. The third-order valence-electron chi connectivity index (χ3n) is 5.82. The Morgan fingerprint density at radius 3 is 2.87 bits per heavy atom. The number of hydrogen-bond donors (Lipinski definition) is 0. The monoisotopic (exact) mass is 411 g/mol. The Morgan fingerprint density at radius 1 is 1.30 bits per heavy atom. The molecule has 2 aliphatic heterocycles. The summed E-state index contributed by atoms with van der Waals surface area (Å²) in [5, 5.41) is 0. The van der Waals surface area contributed by atoms with E-state index in [4.69, 9.17) is 9.47 Å². The number of hydrogen-bond acceptors (Lipinski definition) is 7. The summed E-state index contributed by atoms with van der Waals surface area (Å²) < 4.78 is 11.7. The van der Waals surface area contributed by atoms with E-state index in [1.54, 1.807) is 12.0 Å². The number of likely N-dealkylation sites (N-methyl/N-ethyl adjacent to an activating group) is 2. The maximum absolute atomic E-state index is 13.1. The third kappa shape index (κ3) is 4.39. The van der Waals surface area contributed by atoms with Crippen molar-refractivity contribution in [2.45, 2.75) is 24.7 Å². The van der Waals surface area contributed by atoms with E-state index in [0.717, 1.165) is 30.9 Å². The summed E-state index contributed by atoms with van der Waals surface area (Å²) in [4.78, 5) is 27.8. The van der Waals surface area contributed by atoms with Gasteiger partial charge in [0, 0.05) is 45.8 Å². The van der Waals surface area contributed by atoms with Crippen LogP contribution in [0.2, 0.25) is 0 Å². The molecule has 2 aliphatic rings. The lowest BCUT2D eigenvalue weighted by atomic mass is 9.99. The molecule has 0 radical (unpaired) electrons. The molecule has 2 saturated heterocycles. The number of aromatic nitrogens is 2. The van der Waals surface area contributed by atoms with Gasteiger partial charge < -0.3 is 24.2 Å². The topological polar surface area (TPSA) is 71.0 Å². The Kier molecular flexibility index (Phi) is 5.87. The van der Waals surface area contributed by atoms with Crippen molar-refractivity contribution >= 4 is 11.7 Å². The van der Waals surface area contributed by atoms with Crippen molar-refractivity contribution in [3.63, 3.8) is 0 Å². The molecule has 2 atom stereocenters. The highest BCUT2D eigenvalue weighted by Crippen LogP contribution is 2.34. The lowest BCUT2D eigenvalue weighted by molar-refractivity contribution is -0.172. The standard InChI is InChI=1S/C22H29N5O3/c1-25-13-18(21(28)26(2)12-17-7-5-4-6-8-17)30-22(14-25)9-10-27(15-22)19-11-20(29-3)24-16-23-19/h4-8,11,16,18H,9-10,12-15H2,1-3H3/t18-,22-/m0/s1. The first-order valence-electron chi connectivity index (χ1n) is 10.2. The van der Waals surface area contributed by atoms with E-state index in [1.807, 2.05) is 43.4 Å². The summed E-state index contributed by atoms with van der Waals surface area (Å²) >= 11 is 0. The molecule has 8 heteroatoms. The van der Waals surface area contributed by atoms with E-state index >= 15 is 0 Å². The lowest BCUT2D eigenvalue weighted by Crippen LogP contribution is -2.59. The second-order valence-electron chi connectivity index (χ2n) is 8.26. The minimum atomic E-state index is -0.475. The average Bonchev–Trinajstić information content (AvgIpc) is 3.16. The third-order valence-corrected chi connectivity index (χ3v) is 5.82. The van der Waals surface area contributed by atoms with Crippen LogP contribution in [0.25, 0.3) is 0 Å². The van der Waals surface area contributed by atoms with Crippen LogP contribution in [0, 0.1) is 0 Å². The molecule has 0 N–H and O–H groups in total. The SMILES string of the molecule is COc1cc(N2CC[C@]3(CN(C)C[C@@H](C(=O)N(C)Cc4ccccc4)O3)C2)ncn1. The zero-order chi connectivity index (χ0) is 21.1. The number of carbonyl (C=O) groups is 1. The van der Waals surface area contributed by atoms with Gasteiger partial charge >= 0.3 is 0 Å². The van der Waals surface area contributed by atoms with Gasteiger partial charge in [-0.2, -0.15) is 0 Å². The van der Waals surface area contributed by atoms with Crippen LogP contribution >= 0.6 is 0 Å². The van der Waals surface area contributed by atoms with E-state index in [-0.39, 0.29) is 11.5 Å². The number of morpholine rings is 1. The molecule has 0 saturated carbocycles. The summed E-state index contributed by atoms with van der Waals surface area (Å²) in [5.74, 6) is 1.38. The molecular weight excluding hydrogens is 382 g/mol. The highest BCUT2D eigenvalue weighted by atomic mass is 16.5. The van der Waals surface area contributed by atoms with Gasteiger partial charge in [0.25, 0.3) is 5.91 Å². The van der Waals surface area contributed by atoms with Gasteiger partial charge in [0.05, 0.1) is 7.11 Å². The molecule has 1 aromatic heterocycles. The van der Waals surface area contributed by atoms with Crippen LogP contribution in [0.15, 0.2) is 42.7 Å². The van der Waals surface area contributed by atoms with E-state index in [0.29, 0.717) is 25.5 Å². The second kappa shape index (κ2) is 8.57. The van der Waals surface area contributed by atoms with Crippen molar-refractivity contribution in [2.24, 2.45) is 0 Å². The minimum Gasteiger partial charge on any atom is -0.481 e. The van der Waals surface area contributed by atoms with E-state index in [9.17, 15) is 4.79 Å². The van der Waals surface area contributed by atoms with Crippen LogP contribution in [0.5, 0.6) is 5.88 Å². The van der Waals surface area contributed by atoms with Gasteiger partial charge in [0.15, 0.2) is 0 Å². The van der Waals surface area contributed by atoms with Crippen LogP contribution < -0.4 is 9.64 Å². The molecule has 1 aromatic carbocycles. The lowest BCUT2D eigenvalue weighted by Gasteiger charge is -2.43. The summed E-state index contributed by atoms with van der Waals surface area (Å²) in [7, 11) is 5.49. The van der Waals surface area contributed by atoms with Crippen LogP contribution in [-0.4, -0.2) is 84.8 Å². The van der Waals surface area contributed by atoms with E-state index < -0.39 is 6.10 Å². The molecule has 160 valence electrons. The molecule has 0 bridgehead atoms. The second-order valence-corrected chi connectivity index (χ2v) is 8.26. The van der Waals surface area contributed by atoms with Gasteiger partial charge in [0.2, 0.25) is 5.88 Å². The van der Waals surface area contributed by atoms with Crippen molar-refractivity contribution in [3.8, 4) is 5.88 Å². The fourth-order valence-electron chi connectivity index (χ4n) is 4.41. The highest BCUT2D eigenvalue weighted by molar-refractivity contribution is 5.81. The number of amides is 1. The van der Waals surface area contributed by atoms with Crippen molar-refractivity contribution < 1.29 is 14.3 Å². The molecule has 1 spiro atoms. The Balaban J connectivity index is 1.44. The van der Waals surface area contributed by atoms with Gasteiger partial charge in [-0.25, -0.2) is 9.97 Å². The number of anilines is 1. The molecular formula is C22H29N5O3. The summed E-state index contributed by atoms with van der Waals surface area (Å²) in [6.45, 7) is 3.46. The largest absolute Gasteiger partial charge is 0.481 e. The maximum atomic E-state index is 13.1. The average molecular weight is 412 g/mol. The minimum absolute atomic E-state index is 0.0203. The van der Waals surface area contributed by atoms with Crippen molar-refractivity contribution in [3.05, 3.63) is 48.3 Å². The molecule has 0 unspecified atom stereocenters. The smallest absolute Gasteiger partial charge is 0.253 e.